The number of rotatable bonds is 10. The van der Waals surface area contributed by atoms with E-state index in [9.17, 15) is 4.79 Å². The van der Waals surface area contributed by atoms with Gasteiger partial charge in [0.1, 0.15) is 0 Å². The Kier molecular flexibility index (Phi) is 7.91. The molecule has 2 aromatic rings. The minimum atomic E-state index is -0.146. The zero-order chi connectivity index (χ0) is 18.9. The maximum Gasteiger partial charge on any atom is 0.251 e. The Morgan fingerprint density at radius 2 is 1.85 bits per heavy atom. The van der Waals surface area contributed by atoms with Gasteiger partial charge in [-0.1, -0.05) is 27.7 Å². The highest BCUT2D eigenvalue weighted by Crippen LogP contribution is 2.29. The van der Waals surface area contributed by atoms with Crippen LogP contribution in [0.2, 0.25) is 0 Å². The first-order valence-corrected chi connectivity index (χ1v) is 10.0. The van der Waals surface area contributed by atoms with E-state index in [-0.39, 0.29) is 5.91 Å². The number of carbonyl (C=O) groups excluding carboxylic acids is 1. The lowest BCUT2D eigenvalue weighted by Gasteiger charge is -2.13. The molecule has 1 aromatic carbocycles. The second kappa shape index (κ2) is 10.2. The summed E-state index contributed by atoms with van der Waals surface area (Å²) in [6.45, 7) is 9.95. The predicted molar refractivity (Wildman–Crippen MR) is 105 cm³/mol. The molecule has 1 heterocycles. The highest BCUT2D eigenvalue weighted by Gasteiger charge is 2.13. The first kappa shape index (κ1) is 20.2. The number of aromatic nitrogens is 1. The van der Waals surface area contributed by atoms with Crippen LogP contribution in [0.3, 0.4) is 0 Å². The van der Waals surface area contributed by atoms with Crippen molar-refractivity contribution in [2.24, 2.45) is 0 Å². The molecule has 0 fully saturated rings. The maximum absolute atomic E-state index is 12.5. The highest BCUT2D eigenvalue weighted by atomic mass is 32.1. The van der Waals surface area contributed by atoms with E-state index in [1.165, 1.54) is 0 Å². The zero-order valence-electron chi connectivity index (χ0n) is 16.0. The van der Waals surface area contributed by atoms with Crippen molar-refractivity contribution in [1.29, 1.82) is 0 Å². The van der Waals surface area contributed by atoms with E-state index in [1.54, 1.807) is 29.5 Å². The number of nitrogens with one attached hydrogen (secondary N) is 1. The second-order valence-electron chi connectivity index (χ2n) is 6.37. The smallest absolute Gasteiger partial charge is 0.251 e. The van der Waals surface area contributed by atoms with Gasteiger partial charge in [0.2, 0.25) is 0 Å². The highest BCUT2D eigenvalue weighted by molar-refractivity contribution is 7.09. The number of nitrogens with zero attached hydrogens (tertiary/aromatic N) is 1. The van der Waals surface area contributed by atoms with Gasteiger partial charge in [-0.3, -0.25) is 4.79 Å². The number of hydrogen-bond donors (Lipinski definition) is 1. The Morgan fingerprint density at radius 3 is 2.46 bits per heavy atom. The van der Waals surface area contributed by atoms with Crippen molar-refractivity contribution >= 4 is 17.2 Å². The van der Waals surface area contributed by atoms with E-state index in [4.69, 9.17) is 9.47 Å². The SMILES string of the molecule is CCCOc1ccc(C(=O)NCc2csc(C(C)C)n2)cc1OCCC. The summed E-state index contributed by atoms with van der Waals surface area (Å²) < 4.78 is 11.5. The van der Waals surface area contributed by atoms with Gasteiger partial charge in [-0.2, -0.15) is 0 Å². The summed E-state index contributed by atoms with van der Waals surface area (Å²) in [7, 11) is 0. The van der Waals surface area contributed by atoms with Crippen LogP contribution in [0.1, 0.15) is 67.5 Å². The van der Waals surface area contributed by atoms with Gasteiger partial charge in [0, 0.05) is 16.9 Å². The fourth-order valence-electron chi connectivity index (χ4n) is 2.25. The van der Waals surface area contributed by atoms with Crippen LogP contribution in [-0.2, 0) is 6.54 Å². The molecule has 0 aliphatic heterocycles. The van der Waals surface area contributed by atoms with Gasteiger partial charge in [-0.25, -0.2) is 4.98 Å². The van der Waals surface area contributed by atoms with Crippen molar-refractivity contribution in [3.05, 3.63) is 39.8 Å². The lowest BCUT2D eigenvalue weighted by molar-refractivity contribution is 0.0950. The van der Waals surface area contributed by atoms with Crippen molar-refractivity contribution in [2.45, 2.75) is 53.0 Å². The summed E-state index contributed by atoms with van der Waals surface area (Å²) in [4.78, 5) is 17.0. The molecule has 0 bridgehead atoms. The standard InChI is InChI=1S/C20H28N2O3S/c1-5-9-24-17-8-7-15(11-18(17)25-10-6-2)19(23)21-12-16-13-26-20(22-16)14(3)4/h7-8,11,13-14H,5-6,9-10,12H2,1-4H3,(H,21,23). The number of hydrogen-bond acceptors (Lipinski definition) is 5. The second-order valence-corrected chi connectivity index (χ2v) is 7.26. The minimum absolute atomic E-state index is 0.146. The molecule has 0 spiro atoms. The topological polar surface area (TPSA) is 60.5 Å². The van der Waals surface area contributed by atoms with Gasteiger partial charge in [-0.15, -0.1) is 11.3 Å². The van der Waals surface area contributed by atoms with Gasteiger partial charge in [0.15, 0.2) is 11.5 Å². The van der Waals surface area contributed by atoms with Gasteiger partial charge in [0.25, 0.3) is 5.91 Å². The quantitative estimate of drug-likeness (QED) is 0.648. The van der Waals surface area contributed by atoms with Crippen LogP contribution >= 0.6 is 11.3 Å². The van der Waals surface area contributed by atoms with E-state index >= 15 is 0 Å². The van der Waals surface area contributed by atoms with Crippen LogP contribution in [0, 0.1) is 0 Å². The van der Waals surface area contributed by atoms with E-state index in [2.05, 4.69) is 31.1 Å². The molecule has 142 valence electrons. The molecule has 0 unspecified atom stereocenters. The molecule has 0 saturated carbocycles. The first-order valence-electron chi connectivity index (χ1n) is 9.17. The van der Waals surface area contributed by atoms with E-state index in [0.29, 0.717) is 42.7 Å². The van der Waals surface area contributed by atoms with Crippen LogP contribution < -0.4 is 14.8 Å². The van der Waals surface area contributed by atoms with E-state index < -0.39 is 0 Å². The molecule has 5 nitrogen and oxygen atoms in total. The first-order chi connectivity index (χ1) is 12.5. The Hall–Kier alpha value is -2.08. The van der Waals surface area contributed by atoms with Crippen molar-refractivity contribution in [3.8, 4) is 11.5 Å². The Labute approximate surface area is 159 Å². The zero-order valence-corrected chi connectivity index (χ0v) is 16.8. The van der Waals surface area contributed by atoms with Crippen molar-refractivity contribution in [3.63, 3.8) is 0 Å². The number of carbonyl (C=O) groups is 1. The van der Waals surface area contributed by atoms with E-state index in [1.807, 2.05) is 12.3 Å². The third-order valence-electron chi connectivity index (χ3n) is 3.62. The van der Waals surface area contributed by atoms with Gasteiger partial charge < -0.3 is 14.8 Å². The average Bonchev–Trinajstić information content (AvgIpc) is 3.12. The summed E-state index contributed by atoms with van der Waals surface area (Å²) in [6.07, 6.45) is 1.81. The Bertz CT molecular complexity index is 713. The molecule has 0 saturated heterocycles. The van der Waals surface area contributed by atoms with Crippen molar-refractivity contribution in [2.75, 3.05) is 13.2 Å². The van der Waals surface area contributed by atoms with Crippen LogP contribution in [0.5, 0.6) is 11.5 Å². The molecule has 1 aromatic heterocycles. The van der Waals surface area contributed by atoms with E-state index in [0.717, 1.165) is 23.5 Å². The summed E-state index contributed by atoms with van der Waals surface area (Å²) in [5.41, 5.74) is 1.44. The molecule has 26 heavy (non-hydrogen) atoms. The molecule has 0 radical (unpaired) electrons. The largest absolute Gasteiger partial charge is 0.490 e. The number of benzene rings is 1. The van der Waals surface area contributed by atoms with Gasteiger partial charge in [0.05, 0.1) is 30.5 Å². The lowest BCUT2D eigenvalue weighted by Crippen LogP contribution is -2.23. The van der Waals surface area contributed by atoms with Crippen molar-refractivity contribution in [1.82, 2.24) is 10.3 Å². The average molecular weight is 377 g/mol. The number of amides is 1. The summed E-state index contributed by atoms with van der Waals surface area (Å²) >= 11 is 1.63. The molecule has 6 heteroatoms. The molecule has 0 aliphatic carbocycles. The molecule has 2 rings (SSSR count). The van der Waals surface area contributed by atoms with Crippen LogP contribution in [0.15, 0.2) is 23.6 Å². The molecular formula is C20H28N2O3S. The van der Waals surface area contributed by atoms with Crippen LogP contribution in [-0.4, -0.2) is 24.1 Å². The minimum Gasteiger partial charge on any atom is -0.490 e. The summed E-state index contributed by atoms with van der Waals surface area (Å²) in [6, 6.07) is 5.31. The van der Waals surface area contributed by atoms with Crippen LogP contribution in [0.25, 0.3) is 0 Å². The monoisotopic (exact) mass is 376 g/mol. The third-order valence-corrected chi connectivity index (χ3v) is 4.82. The molecule has 1 N–H and O–H groups in total. The predicted octanol–water partition coefficient (Wildman–Crippen LogP) is 4.77. The molecule has 0 atom stereocenters. The fraction of sp³-hybridized carbons (Fsp3) is 0.500. The normalized spacial score (nSPS) is 10.8. The van der Waals surface area contributed by atoms with Gasteiger partial charge in [-0.05, 0) is 31.0 Å². The van der Waals surface area contributed by atoms with Crippen LogP contribution in [0.4, 0.5) is 0 Å². The number of ether oxygens (including phenoxy) is 2. The summed E-state index contributed by atoms with van der Waals surface area (Å²) in [5, 5.41) is 6.00. The third kappa shape index (κ3) is 5.73. The fourth-order valence-corrected chi connectivity index (χ4v) is 3.08. The molecule has 0 aliphatic rings. The summed E-state index contributed by atoms with van der Waals surface area (Å²) in [5.74, 6) is 1.55. The Morgan fingerprint density at radius 1 is 1.15 bits per heavy atom. The Balaban J connectivity index is 2.04. The molecular weight excluding hydrogens is 348 g/mol. The number of thiazole rings is 1. The lowest BCUT2D eigenvalue weighted by atomic mass is 10.2. The van der Waals surface area contributed by atoms with Gasteiger partial charge >= 0.3 is 0 Å². The van der Waals surface area contributed by atoms with Crippen molar-refractivity contribution < 1.29 is 14.3 Å². The maximum atomic E-state index is 12.5. The molecule has 1 amide bonds.